The first-order valence-electron chi connectivity index (χ1n) is 9.86. The number of hydrogen-bond donors (Lipinski definition) is 0. The van der Waals surface area contributed by atoms with Crippen LogP contribution in [-0.4, -0.2) is 33.1 Å². The summed E-state index contributed by atoms with van der Waals surface area (Å²) < 4.78 is 24.3. The van der Waals surface area contributed by atoms with Gasteiger partial charge in [-0.3, -0.25) is 9.59 Å². The molecule has 3 aromatic rings. The molecular weight excluding hydrogens is 411 g/mol. The van der Waals surface area contributed by atoms with Gasteiger partial charge in [-0.1, -0.05) is 30.3 Å². The third-order valence-corrected chi connectivity index (χ3v) is 5.30. The second kappa shape index (κ2) is 8.55. The number of hydrogen-bond acceptors (Lipinski definition) is 5. The molecule has 0 unspecified atom stereocenters. The number of rotatable bonds is 6. The van der Waals surface area contributed by atoms with Gasteiger partial charge in [-0.2, -0.15) is 0 Å². The molecule has 0 saturated carbocycles. The zero-order chi connectivity index (χ0) is 22.8. The number of ether oxygens (including phenoxy) is 2. The molecule has 0 atom stereocenters. The van der Waals surface area contributed by atoms with Gasteiger partial charge in [0.05, 0.1) is 25.5 Å². The normalized spacial score (nSPS) is 13.6. The van der Waals surface area contributed by atoms with Gasteiger partial charge < -0.3 is 14.4 Å². The fraction of sp³-hybridized carbons (Fsp3) is 0.120. The number of carbonyl (C=O) groups excluding carboxylic acids is 2. The van der Waals surface area contributed by atoms with Crippen LogP contribution in [0.1, 0.15) is 5.56 Å². The largest absolute Gasteiger partial charge is 0.497 e. The standard InChI is InChI=1S/C25H21FN2O4/c1-27(18-7-5-4-6-8-18)23-22(16-9-11-17(26)12-10-16)24(29)28(25(23)30)20-15-19(31-2)13-14-21(20)32-3/h4-15H,1-3H3. The molecular formula is C25H21FN2O4. The van der Waals surface area contributed by atoms with Crippen molar-refractivity contribution in [3.05, 3.63) is 89.9 Å². The summed E-state index contributed by atoms with van der Waals surface area (Å²) in [5.41, 5.74) is 1.77. The smallest absolute Gasteiger partial charge is 0.282 e. The van der Waals surface area contributed by atoms with E-state index in [0.717, 1.165) is 10.6 Å². The van der Waals surface area contributed by atoms with E-state index >= 15 is 0 Å². The van der Waals surface area contributed by atoms with Crippen molar-refractivity contribution in [1.82, 2.24) is 0 Å². The van der Waals surface area contributed by atoms with E-state index in [9.17, 15) is 14.0 Å². The van der Waals surface area contributed by atoms with Crippen molar-refractivity contribution in [2.75, 3.05) is 31.1 Å². The lowest BCUT2D eigenvalue weighted by atomic mass is 10.0. The van der Waals surface area contributed by atoms with Crippen LogP contribution in [0.4, 0.5) is 15.8 Å². The molecule has 0 aliphatic carbocycles. The molecule has 0 saturated heterocycles. The van der Waals surface area contributed by atoms with E-state index in [4.69, 9.17) is 9.47 Å². The van der Waals surface area contributed by atoms with E-state index in [-0.39, 0.29) is 17.0 Å². The molecule has 3 aromatic carbocycles. The highest BCUT2D eigenvalue weighted by molar-refractivity contribution is 6.46. The summed E-state index contributed by atoms with van der Waals surface area (Å²) in [5, 5.41) is 0. The quantitative estimate of drug-likeness (QED) is 0.545. The van der Waals surface area contributed by atoms with Crippen molar-refractivity contribution in [1.29, 1.82) is 0 Å². The van der Waals surface area contributed by atoms with Crippen LogP contribution < -0.4 is 19.3 Å². The fourth-order valence-corrected chi connectivity index (χ4v) is 3.68. The van der Waals surface area contributed by atoms with E-state index in [2.05, 4.69) is 0 Å². The summed E-state index contributed by atoms with van der Waals surface area (Å²) in [7, 11) is 4.67. The SMILES string of the molecule is COc1ccc(OC)c(N2C(=O)C(c3ccc(F)cc3)=C(N(C)c3ccccc3)C2=O)c1. The number of imide groups is 1. The lowest BCUT2D eigenvalue weighted by Gasteiger charge is -2.22. The van der Waals surface area contributed by atoms with Crippen LogP contribution >= 0.6 is 0 Å². The Kier molecular flexibility index (Phi) is 5.64. The molecule has 0 bridgehead atoms. The Morgan fingerprint density at radius 3 is 2.16 bits per heavy atom. The third kappa shape index (κ3) is 3.58. The Hall–Kier alpha value is -4.13. The highest BCUT2D eigenvalue weighted by Crippen LogP contribution is 2.40. The van der Waals surface area contributed by atoms with Gasteiger partial charge in [0.15, 0.2) is 0 Å². The molecule has 162 valence electrons. The Morgan fingerprint density at radius 1 is 0.844 bits per heavy atom. The summed E-state index contributed by atoms with van der Waals surface area (Å²) in [6.45, 7) is 0. The number of methoxy groups -OCH3 is 2. The maximum absolute atomic E-state index is 13.7. The minimum Gasteiger partial charge on any atom is -0.497 e. The van der Waals surface area contributed by atoms with Gasteiger partial charge in [0.1, 0.15) is 23.0 Å². The van der Waals surface area contributed by atoms with Gasteiger partial charge in [0.2, 0.25) is 0 Å². The third-order valence-electron chi connectivity index (χ3n) is 5.30. The first-order chi connectivity index (χ1) is 15.5. The van der Waals surface area contributed by atoms with Crippen molar-refractivity contribution in [2.24, 2.45) is 0 Å². The van der Waals surface area contributed by atoms with Crippen LogP contribution in [0, 0.1) is 5.82 Å². The number of nitrogens with zero attached hydrogens (tertiary/aromatic N) is 2. The average Bonchev–Trinajstić information content (AvgIpc) is 3.09. The van der Waals surface area contributed by atoms with E-state index < -0.39 is 17.6 Å². The number of likely N-dealkylation sites (N-methyl/N-ethyl adjacent to an activating group) is 1. The molecule has 32 heavy (non-hydrogen) atoms. The summed E-state index contributed by atoms with van der Waals surface area (Å²) in [6.07, 6.45) is 0. The predicted octanol–water partition coefficient (Wildman–Crippen LogP) is 4.26. The second-order valence-corrected chi connectivity index (χ2v) is 7.11. The Morgan fingerprint density at radius 2 is 1.53 bits per heavy atom. The van der Waals surface area contributed by atoms with Crippen molar-refractivity contribution >= 4 is 28.8 Å². The van der Waals surface area contributed by atoms with Crippen LogP contribution in [0.15, 0.2) is 78.5 Å². The fourth-order valence-electron chi connectivity index (χ4n) is 3.68. The molecule has 7 heteroatoms. The van der Waals surface area contributed by atoms with Crippen molar-refractivity contribution in [3.8, 4) is 11.5 Å². The maximum Gasteiger partial charge on any atom is 0.282 e. The van der Waals surface area contributed by atoms with E-state index in [0.29, 0.717) is 17.1 Å². The summed E-state index contributed by atoms with van der Waals surface area (Å²) >= 11 is 0. The van der Waals surface area contributed by atoms with E-state index in [1.807, 2.05) is 30.3 Å². The first-order valence-corrected chi connectivity index (χ1v) is 9.86. The van der Waals surface area contributed by atoms with Gasteiger partial charge in [-0.25, -0.2) is 9.29 Å². The molecule has 1 heterocycles. The van der Waals surface area contributed by atoms with Crippen LogP contribution in [-0.2, 0) is 9.59 Å². The molecule has 1 aliphatic rings. The minimum atomic E-state index is -0.536. The summed E-state index contributed by atoms with van der Waals surface area (Å²) in [5.74, 6) is -0.683. The molecule has 4 rings (SSSR count). The van der Waals surface area contributed by atoms with Gasteiger partial charge in [-0.05, 0) is 42.0 Å². The molecule has 1 aliphatic heterocycles. The van der Waals surface area contributed by atoms with Crippen LogP contribution in [0.2, 0.25) is 0 Å². The van der Waals surface area contributed by atoms with Gasteiger partial charge in [-0.15, -0.1) is 0 Å². The lowest BCUT2D eigenvalue weighted by Crippen LogP contribution is -2.34. The van der Waals surface area contributed by atoms with Gasteiger partial charge >= 0.3 is 0 Å². The molecule has 0 fully saturated rings. The summed E-state index contributed by atoms with van der Waals surface area (Å²) in [6, 6.07) is 19.6. The molecule has 0 spiro atoms. The lowest BCUT2D eigenvalue weighted by molar-refractivity contribution is -0.120. The monoisotopic (exact) mass is 432 g/mol. The van der Waals surface area contributed by atoms with Crippen molar-refractivity contribution in [3.63, 3.8) is 0 Å². The number of halogens is 1. The number of anilines is 2. The first kappa shape index (κ1) is 21.1. The maximum atomic E-state index is 13.7. The Labute approximate surface area is 185 Å². The number of amides is 2. The zero-order valence-electron chi connectivity index (χ0n) is 17.8. The number of para-hydroxylation sites is 1. The molecule has 0 radical (unpaired) electrons. The van der Waals surface area contributed by atoms with E-state index in [1.54, 1.807) is 30.1 Å². The predicted molar refractivity (Wildman–Crippen MR) is 120 cm³/mol. The Bertz CT molecular complexity index is 1210. The van der Waals surface area contributed by atoms with Gasteiger partial charge in [0.25, 0.3) is 11.8 Å². The van der Waals surface area contributed by atoms with Crippen molar-refractivity contribution < 1.29 is 23.5 Å². The summed E-state index contributed by atoms with van der Waals surface area (Å²) in [4.78, 5) is 30.1. The minimum absolute atomic E-state index is 0.172. The highest BCUT2D eigenvalue weighted by Gasteiger charge is 2.43. The van der Waals surface area contributed by atoms with Crippen molar-refractivity contribution in [2.45, 2.75) is 0 Å². The topological polar surface area (TPSA) is 59.1 Å². The van der Waals surface area contributed by atoms with E-state index in [1.165, 1.54) is 38.5 Å². The highest BCUT2D eigenvalue weighted by atomic mass is 19.1. The average molecular weight is 432 g/mol. The molecule has 6 nitrogen and oxygen atoms in total. The van der Waals surface area contributed by atoms with Crippen LogP contribution in [0.25, 0.3) is 5.57 Å². The molecule has 0 aromatic heterocycles. The molecule has 2 amide bonds. The van der Waals surface area contributed by atoms with Gasteiger partial charge in [0, 0.05) is 18.8 Å². The Balaban J connectivity index is 1.90. The zero-order valence-corrected chi connectivity index (χ0v) is 17.8. The second-order valence-electron chi connectivity index (χ2n) is 7.11. The number of carbonyl (C=O) groups is 2. The molecule has 0 N–H and O–H groups in total. The number of benzene rings is 3. The van der Waals surface area contributed by atoms with Crippen LogP contribution in [0.3, 0.4) is 0 Å². The van der Waals surface area contributed by atoms with Crippen LogP contribution in [0.5, 0.6) is 11.5 Å².